The first-order valence-electron chi connectivity index (χ1n) is 10.7. The van der Waals surface area contributed by atoms with Crippen LogP contribution in [0.2, 0.25) is 0 Å². The molecule has 6 nitrogen and oxygen atoms in total. The average molecular weight is 477 g/mol. The van der Waals surface area contributed by atoms with Crippen molar-refractivity contribution in [1.82, 2.24) is 19.8 Å². The Hall–Kier alpha value is -2.53. The summed E-state index contributed by atoms with van der Waals surface area (Å²) < 4.78 is 0.891. The number of hydrogen-bond donors (Lipinski definition) is 0. The van der Waals surface area contributed by atoms with Gasteiger partial charge in [0.15, 0.2) is 0 Å². The number of hydrogen-bond acceptors (Lipinski definition) is 6. The van der Waals surface area contributed by atoms with E-state index in [1.54, 1.807) is 6.20 Å². The van der Waals surface area contributed by atoms with Crippen molar-refractivity contribution in [3.8, 4) is 6.07 Å². The second-order valence-corrected chi connectivity index (χ2v) is 9.32. The van der Waals surface area contributed by atoms with Crippen molar-refractivity contribution in [1.29, 1.82) is 5.26 Å². The molecule has 2 fully saturated rings. The molecule has 0 bridgehead atoms. The molecule has 7 heteroatoms. The molecule has 3 aromatic rings. The molecule has 4 heterocycles. The molecule has 0 spiro atoms. The smallest absolute Gasteiger partial charge is 0.106 e. The van der Waals surface area contributed by atoms with Gasteiger partial charge in [-0.3, -0.25) is 14.8 Å². The van der Waals surface area contributed by atoms with E-state index < -0.39 is 0 Å². The number of piperazine rings is 2. The Morgan fingerprint density at radius 2 is 2.00 bits per heavy atom. The lowest BCUT2D eigenvalue weighted by Crippen LogP contribution is -2.65. The zero-order chi connectivity index (χ0) is 21.4. The summed E-state index contributed by atoms with van der Waals surface area (Å²) in [6.45, 7) is 8.49. The van der Waals surface area contributed by atoms with Crippen LogP contribution in [0.4, 0.5) is 5.69 Å². The maximum absolute atomic E-state index is 9.48. The van der Waals surface area contributed by atoms with Gasteiger partial charge in [-0.25, -0.2) is 4.98 Å². The highest BCUT2D eigenvalue weighted by Gasteiger charge is 2.36. The molecule has 5 rings (SSSR count). The summed E-state index contributed by atoms with van der Waals surface area (Å²) in [5.74, 6) is 0. The van der Waals surface area contributed by atoms with Crippen molar-refractivity contribution >= 4 is 32.5 Å². The highest BCUT2D eigenvalue weighted by atomic mass is 79.9. The molecule has 2 aromatic heterocycles. The normalized spacial score (nSPS) is 22.3. The van der Waals surface area contributed by atoms with Crippen molar-refractivity contribution in [3.05, 3.63) is 64.5 Å². The van der Waals surface area contributed by atoms with Crippen LogP contribution in [0, 0.1) is 11.3 Å². The molecule has 2 unspecified atom stereocenters. The number of fused-ring (bicyclic) bond motifs is 2. The van der Waals surface area contributed by atoms with Gasteiger partial charge in [0.25, 0.3) is 0 Å². The molecule has 2 saturated heterocycles. The highest BCUT2D eigenvalue weighted by molar-refractivity contribution is 9.10. The standard InChI is InChI=1S/C24H25BrN6/c1-17-13-30(22-5-4-19(12-26)24-21(22)3-2-7-28-24)16-20-15-29(9-10-31(17)20)14-18-6-8-27-23(25)11-18/h2-8,11,17,20H,9-10,13-16H2,1H3. The summed E-state index contributed by atoms with van der Waals surface area (Å²) in [5, 5.41) is 10.5. The fraction of sp³-hybridized carbons (Fsp3) is 0.375. The van der Waals surface area contributed by atoms with Gasteiger partial charge in [-0.1, -0.05) is 0 Å². The van der Waals surface area contributed by atoms with Crippen LogP contribution in [0.5, 0.6) is 0 Å². The second kappa shape index (κ2) is 8.54. The minimum absolute atomic E-state index is 0.477. The monoisotopic (exact) mass is 476 g/mol. The molecule has 0 aliphatic carbocycles. The average Bonchev–Trinajstić information content (AvgIpc) is 2.78. The number of pyridine rings is 2. The van der Waals surface area contributed by atoms with Gasteiger partial charge >= 0.3 is 0 Å². The summed E-state index contributed by atoms with van der Waals surface area (Å²) >= 11 is 3.48. The van der Waals surface area contributed by atoms with Crippen molar-refractivity contribution in [2.24, 2.45) is 0 Å². The fourth-order valence-electron chi connectivity index (χ4n) is 5.09. The molecule has 0 N–H and O–H groups in total. The quantitative estimate of drug-likeness (QED) is 0.537. The van der Waals surface area contributed by atoms with Crippen molar-refractivity contribution in [3.63, 3.8) is 0 Å². The topological polar surface area (TPSA) is 59.3 Å². The number of halogens is 1. The number of benzene rings is 1. The van der Waals surface area contributed by atoms with Crippen LogP contribution in [0.3, 0.4) is 0 Å². The van der Waals surface area contributed by atoms with E-state index in [1.807, 2.05) is 18.3 Å². The Labute approximate surface area is 191 Å². The van der Waals surface area contributed by atoms with Gasteiger partial charge in [-0.2, -0.15) is 5.26 Å². The molecule has 2 atom stereocenters. The van der Waals surface area contributed by atoms with Crippen molar-refractivity contribution in [2.45, 2.75) is 25.6 Å². The SMILES string of the molecule is CC1CN(c2ccc(C#N)c3ncccc23)CC2CN(Cc3ccnc(Br)c3)CCN12. The van der Waals surface area contributed by atoms with Crippen LogP contribution in [-0.2, 0) is 6.54 Å². The minimum atomic E-state index is 0.477. The van der Waals surface area contributed by atoms with Crippen LogP contribution >= 0.6 is 15.9 Å². The molecule has 0 amide bonds. The second-order valence-electron chi connectivity index (χ2n) is 8.51. The summed E-state index contributed by atoms with van der Waals surface area (Å²) in [5.41, 5.74) is 3.91. The maximum Gasteiger partial charge on any atom is 0.106 e. The summed E-state index contributed by atoms with van der Waals surface area (Å²) in [4.78, 5) is 16.5. The molecule has 2 aliphatic heterocycles. The Balaban J connectivity index is 1.38. The lowest BCUT2D eigenvalue weighted by atomic mass is 10.0. The molecule has 31 heavy (non-hydrogen) atoms. The number of aromatic nitrogens is 2. The van der Waals surface area contributed by atoms with E-state index in [4.69, 9.17) is 0 Å². The van der Waals surface area contributed by atoms with Gasteiger partial charge in [0, 0.05) is 74.8 Å². The lowest BCUT2D eigenvalue weighted by Gasteiger charge is -2.51. The van der Waals surface area contributed by atoms with Gasteiger partial charge in [0.2, 0.25) is 0 Å². The Kier molecular flexibility index (Phi) is 5.61. The summed E-state index contributed by atoms with van der Waals surface area (Å²) in [7, 11) is 0. The predicted octanol–water partition coefficient (Wildman–Crippen LogP) is 3.66. The zero-order valence-electron chi connectivity index (χ0n) is 17.6. The van der Waals surface area contributed by atoms with E-state index in [1.165, 1.54) is 11.3 Å². The van der Waals surface area contributed by atoms with E-state index in [0.29, 0.717) is 17.6 Å². The van der Waals surface area contributed by atoms with Crippen LogP contribution in [0.25, 0.3) is 10.9 Å². The molecular formula is C24H25BrN6. The van der Waals surface area contributed by atoms with Gasteiger partial charge in [0.1, 0.15) is 10.7 Å². The third-order valence-electron chi connectivity index (χ3n) is 6.50. The van der Waals surface area contributed by atoms with E-state index in [2.05, 4.69) is 77.9 Å². The van der Waals surface area contributed by atoms with Gasteiger partial charge in [-0.15, -0.1) is 0 Å². The van der Waals surface area contributed by atoms with E-state index in [0.717, 1.165) is 54.8 Å². The first kappa shape index (κ1) is 20.4. The van der Waals surface area contributed by atoms with E-state index >= 15 is 0 Å². The number of rotatable bonds is 3. The molecule has 0 radical (unpaired) electrons. The van der Waals surface area contributed by atoms with Gasteiger partial charge < -0.3 is 4.90 Å². The number of nitrogens with zero attached hydrogens (tertiary/aromatic N) is 6. The van der Waals surface area contributed by atoms with Gasteiger partial charge in [0.05, 0.1) is 11.1 Å². The molecule has 1 aromatic carbocycles. The largest absolute Gasteiger partial charge is 0.368 e. The first-order valence-corrected chi connectivity index (χ1v) is 11.5. The van der Waals surface area contributed by atoms with Crippen LogP contribution in [-0.4, -0.2) is 64.6 Å². The molecule has 158 valence electrons. The van der Waals surface area contributed by atoms with Crippen LogP contribution < -0.4 is 4.90 Å². The van der Waals surface area contributed by atoms with Crippen LogP contribution in [0.15, 0.2) is 53.4 Å². The van der Waals surface area contributed by atoms with Crippen molar-refractivity contribution in [2.75, 3.05) is 37.6 Å². The third kappa shape index (κ3) is 4.03. The predicted molar refractivity (Wildman–Crippen MR) is 126 cm³/mol. The molecule has 0 saturated carbocycles. The van der Waals surface area contributed by atoms with E-state index in [9.17, 15) is 5.26 Å². The molecule has 2 aliphatic rings. The van der Waals surface area contributed by atoms with Crippen LogP contribution in [0.1, 0.15) is 18.1 Å². The lowest BCUT2D eigenvalue weighted by molar-refractivity contribution is 0.0317. The molecular weight excluding hydrogens is 452 g/mol. The Morgan fingerprint density at radius 1 is 1.10 bits per heavy atom. The number of anilines is 1. The zero-order valence-corrected chi connectivity index (χ0v) is 19.2. The van der Waals surface area contributed by atoms with E-state index in [-0.39, 0.29) is 0 Å². The Bertz CT molecular complexity index is 1140. The highest BCUT2D eigenvalue weighted by Crippen LogP contribution is 2.32. The Morgan fingerprint density at radius 3 is 2.84 bits per heavy atom. The van der Waals surface area contributed by atoms with Gasteiger partial charge in [-0.05, 0) is 64.8 Å². The number of nitriles is 1. The van der Waals surface area contributed by atoms with Crippen molar-refractivity contribution < 1.29 is 0 Å². The summed E-state index contributed by atoms with van der Waals surface area (Å²) in [6.07, 6.45) is 3.63. The minimum Gasteiger partial charge on any atom is -0.368 e. The third-order valence-corrected chi connectivity index (χ3v) is 6.93. The maximum atomic E-state index is 9.48. The first-order chi connectivity index (χ1) is 15.1. The fourth-order valence-corrected chi connectivity index (χ4v) is 5.50. The summed E-state index contributed by atoms with van der Waals surface area (Å²) in [6, 6.07) is 15.5.